The maximum atomic E-state index is 5.67. The van der Waals surface area contributed by atoms with E-state index < -0.39 is 7.26 Å². The van der Waals surface area contributed by atoms with E-state index in [4.69, 9.17) is 4.74 Å². The van der Waals surface area contributed by atoms with Gasteiger partial charge in [-0.15, -0.1) is 0 Å². The zero-order valence-corrected chi connectivity index (χ0v) is 14.0. The van der Waals surface area contributed by atoms with Crippen molar-refractivity contribution in [3.05, 3.63) is 84.9 Å². The molecular formula is C20H21OP. The van der Waals surface area contributed by atoms with Crippen molar-refractivity contribution in [2.24, 2.45) is 0 Å². The summed E-state index contributed by atoms with van der Waals surface area (Å²) >= 11 is 0. The van der Waals surface area contributed by atoms with Gasteiger partial charge in [0, 0.05) is 0 Å². The molecule has 0 bridgehead atoms. The van der Waals surface area contributed by atoms with Crippen LogP contribution in [0.15, 0.2) is 84.9 Å². The fourth-order valence-electron chi connectivity index (χ4n) is 3.08. The number of para-hydroxylation sites is 1. The molecule has 112 valence electrons. The van der Waals surface area contributed by atoms with Crippen molar-refractivity contribution in [3.63, 3.8) is 0 Å². The Bertz CT molecular complexity index is 698. The molecular weight excluding hydrogens is 287 g/mol. The molecule has 0 saturated carbocycles. The van der Waals surface area contributed by atoms with Crippen LogP contribution in [0.3, 0.4) is 0 Å². The van der Waals surface area contributed by atoms with Gasteiger partial charge in [0.1, 0.15) is 0 Å². The molecule has 1 nitrogen and oxygen atoms in total. The Hall–Kier alpha value is -2.11. The molecule has 0 unspecified atom stereocenters. The molecule has 0 aliphatic carbocycles. The first kappa shape index (κ1) is 14.8. The van der Waals surface area contributed by atoms with Gasteiger partial charge in [-0.1, -0.05) is 0 Å². The maximum absolute atomic E-state index is 5.67. The molecule has 0 spiro atoms. The summed E-state index contributed by atoms with van der Waals surface area (Å²) in [5.74, 6) is 0.976. The van der Waals surface area contributed by atoms with Crippen LogP contribution in [-0.2, 0) is 0 Å². The average Bonchev–Trinajstić information content (AvgIpc) is 2.62. The summed E-state index contributed by atoms with van der Waals surface area (Å²) in [6, 6.07) is 30.0. The Labute approximate surface area is 132 Å². The third-order valence-corrected chi connectivity index (χ3v) is 8.81. The SMILES string of the molecule is COc1ccccc1[PH](C)(c1ccccc1)c1ccccc1. The van der Waals surface area contributed by atoms with Crippen LogP contribution in [0.4, 0.5) is 0 Å². The minimum atomic E-state index is -2.07. The van der Waals surface area contributed by atoms with Gasteiger partial charge >= 0.3 is 132 Å². The molecule has 3 aromatic carbocycles. The summed E-state index contributed by atoms with van der Waals surface area (Å²) in [4.78, 5) is 0. The third kappa shape index (κ3) is 2.53. The predicted octanol–water partition coefficient (Wildman–Crippen LogP) is 3.35. The molecule has 0 aliphatic rings. The second kappa shape index (κ2) is 6.34. The van der Waals surface area contributed by atoms with Gasteiger partial charge in [0.05, 0.1) is 0 Å². The van der Waals surface area contributed by atoms with Gasteiger partial charge in [-0.05, 0) is 0 Å². The molecule has 0 fully saturated rings. The summed E-state index contributed by atoms with van der Waals surface area (Å²) in [7, 11) is -0.315. The van der Waals surface area contributed by atoms with E-state index in [1.165, 1.54) is 15.9 Å². The van der Waals surface area contributed by atoms with E-state index in [2.05, 4.69) is 85.5 Å². The van der Waals surface area contributed by atoms with Crippen molar-refractivity contribution in [2.45, 2.75) is 0 Å². The molecule has 3 aromatic rings. The van der Waals surface area contributed by atoms with Crippen LogP contribution in [0.2, 0.25) is 0 Å². The van der Waals surface area contributed by atoms with Crippen LogP contribution >= 0.6 is 7.26 Å². The first-order valence-electron chi connectivity index (χ1n) is 7.51. The Kier molecular flexibility index (Phi) is 4.27. The zero-order chi connectivity index (χ0) is 15.4. The van der Waals surface area contributed by atoms with Gasteiger partial charge in [0.2, 0.25) is 0 Å². The van der Waals surface area contributed by atoms with Crippen LogP contribution in [0.25, 0.3) is 0 Å². The average molecular weight is 308 g/mol. The van der Waals surface area contributed by atoms with E-state index in [9.17, 15) is 0 Å². The number of ether oxygens (including phenoxy) is 1. The van der Waals surface area contributed by atoms with Crippen molar-refractivity contribution >= 4 is 23.2 Å². The molecule has 0 radical (unpaired) electrons. The molecule has 0 amide bonds. The molecule has 2 heteroatoms. The third-order valence-electron chi connectivity index (χ3n) is 4.35. The van der Waals surface area contributed by atoms with Gasteiger partial charge in [0.25, 0.3) is 0 Å². The van der Waals surface area contributed by atoms with E-state index in [1.807, 2.05) is 6.07 Å². The monoisotopic (exact) mass is 308 g/mol. The van der Waals surface area contributed by atoms with Gasteiger partial charge in [-0.2, -0.15) is 0 Å². The van der Waals surface area contributed by atoms with Crippen molar-refractivity contribution in [1.82, 2.24) is 0 Å². The van der Waals surface area contributed by atoms with Crippen LogP contribution in [0.5, 0.6) is 5.75 Å². The van der Waals surface area contributed by atoms with Crippen LogP contribution in [0, 0.1) is 0 Å². The zero-order valence-electron chi connectivity index (χ0n) is 13.0. The van der Waals surface area contributed by atoms with Gasteiger partial charge in [-0.25, -0.2) is 0 Å². The normalized spacial score (nSPS) is 11.9. The second-order valence-corrected chi connectivity index (χ2v) is 9.50. The van der Waals surface area contributed by atoms with Crippen molar-refractivity contribution < 1.29 is 4.74 Å². The first-order valence-corrected chi connectivity index (χ1v) is 10.0. The second-order valence-electron chi connectivity index (χ2n) is 5.56. The number of methoxy groups -OCH3 is 1. The van der Waals surface area contributed by atoms with Gasteiger partial charge in [0.15, 0.2) is 0 Å². The predicted molar refractivity (Wildman–Crippen MR) is 99.0 cm³/mol. The van der Waals surface area contributed by atoms with E-state index in [1.54, 1.807) is 7.11 Å². The van der Waals surface area contributed by atoms with Crippen molar-refractivity contribution in [2.75, 3.05) is 13.8 Å². The van der Waals surface area contributed by atoms with Crippen molar-refractivity contribution in [1.29, 1.82) is 0 Å². The fraction of sp³-hybridized carbons (Fsp3) is 0.100. The Morgan fingerprint density at radius 2 is 1.09 bits per heavy atom. The molecule has 0 atom stereocenters. The molecule has 0 N–H and O–H groups in total. The number of benzene rings is 3. The molecule has 0 heterocycles. The minimum absolute atomic E-state index is 0.976. The Morgan fingerprint density at radius 1 is 0.636 bits per heavy atom. The van der Waals surface area contributed by atoms with E-state index in [0.717, 1.165) is 5.75 Å². The summed E-state index contributed by atoms with van der Waals surface area (Å²) in [5, 5.41) is 4.10. The summed E-state index contributed by atoms with van der Waals surface area (Å²) in [6.45, 7) is 2.40. The van der Waals surface area contributed by atoms with Gasteiger partial charge < -0.3 is 0 Å². The number of hydrogen-bond acceptors (Lipinski definition) is 1. The van der Waals surface area contributed by atoms with Crippen molar-refractivity contribution in [3.8, 4) is 5.75 Å². The standard InChI is InChI=1S/C20H21OP/c1-21-19-15-9-10-16-20(19)22(2,17-11-5-3-6-12-17)18-13-7-4-8-14-18/h3-16,22H,1-2H3. The summed E-state index contributed by atoms with van der Waals surface area (Å²) in [5.41, 5.74) is 0. The molecule has 0 aromatic heterocycles. The quantitative estimate of drug-likeness (QED) is 0.672. The van der Waals surface area contributed by atoms with Crippen LogP contribution < -0.4 is 20.7 Å². The van der Waals surface area contributed by atoms with E-state index in [-0.39, 0.29) is 0 Å². The van der Waals surface area contributed by atoms with Crippen LogP contribution in [0.1, 0.15) is 0 Å². The summed E-state index contributed by atoms with van der Waals surface area (Å²) < 4.78 is 5.67. The topological polar surface area (TPSA) is 9.23 Å². The molecule has 3 rings (SSSR count). The first-order chi connectivity index (χ1) is 10.8. The van der Waals surface area contributed by atoms with E-state index in [0.29, 0.717) is 0 Å². The summed E-state index contributed by atoms with van der Waals surface area (Å²) in [6.07, 6.45) is 0. The molecule has 22 heavy (non-hydrogen) atoms. The number of hydrogen-bond donors (Lipinski definition) is 0. The Morgan fingerprint density at radius 3 is 1.59 bits per heavy atom. The number of rotatable bonds is 4. The van der Waals surface area contributed by atoms with Gasteiger partial charge in [-0.3, -0.25) is 0 Å². The Balaban J connectivity index is 2.29. The van der Waals surface area contributed by atoms with Crippen LogP contribution in [-0.4, -0.2) is 13.8 Å². The molecule has 0 saturated heterocycles. The fourth-order valence-corrected chi connectivity index (χ4v) is 6.86. The van der Waals surface area contributed by atoms with E-state index >= 15 is 0 Å². The molecule has 0 aliphatic heterocycles.